The van der Waals surface area contributed by atoms with E-state index in [1.54, 1.807) is 4.90 Å². The van der Waals surface area contributed by atoms with Gasteiger partial charge in [0.25, 0.3) is 0 Å². The number of aromatic amines is 1. The van der Waals surface area contributed by atoms with Gasteiger partial charge in [-0.25, -0.2) is 4.98 Å². The molecule has 1 aromatic heterocycles. The van der Waals surface area contributed by atoms with Gasteiger partial charge in [-0.05, 0) is 24.8 Å². The molecule has 0 bridgehead atoms. The van der Waals surface area contributed by atoms with Crippen molar-refractivity contribution in [1.29, 1.82) is 0 Å². The first kappa shape index (κ1) is 14.0. The third kappa shape index (κ3) is 3.58. The van der Waals surface area contributed by atoms with Crippen LogP contribution in [0.5, 0.6) is 0 Å². The predicted molar refractivity (Wildman–Crippen MR) is 79.5 cm³/mol. The molecule has 2 unspecified atom stereocenters. The molecule has 2 heterocycles. The van der Waals surface area contributed by atoms with E-state index in [1.165, 1.54) is 57.6 Å². The number of piperazine rings is 1. The zero-order valence-electron chi connectivity index (χ0n) is 12.8. The van der Waals surface area contributed by atoms with Crippen molar-refractivity contribution in [3.05, 3.63) is 30.1 Å². The zero-order chi connectivity index (χ0) is 13.8. The lowest BCUT2D eigenvalue weighted by molar-refractivity contribution is -1.03. The van der Waals surface area contributed by atoms with Crippen LogP contribution in [-0.4, -0.2) is 32.2 Å². The van der Waals surface area contributed by atoms with Crippen LogP contribution < -0.4 is 14.8 Å². The summed E-state index contributed by atoms with van der Waals surface area (Å²) in [7, 11) is 0. The Morgan fingerprint density at radius 3 is 2.70 bits per heavy atom. The molecule has 110 valence electrons. The van der Waals surface area contributed by atoms with Gasteiger partial charge in [0, 0.05) is 18.6 Å². The average molecular weight is 276 g/mol. The minimum absolute atomic E-state index is 0.962. The number of hydrogen-bond acceptors (Lipinski definition) is 0. The van der Waals surface area contributed by atoms with Gasteiger partial charge in [0.1, 0.15) is 26.2 Å². The Morgan fingerprint density at radius 2 is 2.00 bits per heavy atom. The monoisotopic (exact) mass is 276 g/mol. The van der Waals surface area contributed by atoms with Crippen LogP contribution in [0.2, 0.25) is 0 Å². The molecule has 1 saturated carbocycles. The number of rotatable bonds is 3. The lowest BCUT2D eigenvalue weighted by Crippen LogP contribution is -3.29. The Balaban J connectivity index is 1.47. The van der Waals surface area contributed by atoms with Gasteiger partial charge in [0.05, 0.1) is 6.04 Å². The molecule has 3 heteroatoms. The van der Waals surface area contributed by atoms with E-state index in [1.807, 2.05) is 11.1 Å². The molecule has 3 N–H and O–H groups in total. The molecule has 1 aliphatic heterocycles. The van der Waals surface area contributed by atoms with Crippen LogP contribution in [0.1, 0.15) is 38.3 Å². The predicted octanol–water partition coefficient (Wildman–Crippen LogP) is -0.637. The van der Waals surface area contributed by atoms with E-state index < -0.39 is 0 Å². The Kier molecular flexibility index (Phi) is 4.69. The van der Waals surface area contributed by atoms with Crippen LogP contribution in [0.25, 0.3) is 0 Å². The number of aromatic nitrogens is 1. The highest BCUT2D eigenvalue weighted by atomic mass is 15.3. The van der Waals surface area contributed by atoms with Gasteiger partial charge < -0.3 is 9.80 Å². The fourth-order valence-electron chi connectivity index (χ4n) is 4.12. The van der Waals surface area contributed by atoms with Gasteiger partial charge in [-0.15, -0.1) is 0 Å². The van der Waals surface area contributed by atoms with Gasteiger partial charge in [-0.2, -0.15) is 0 Å². The van der Waals surface area contributed by atoms with E-state index in [0.717, 1.165) is 18.5 Å². The van der Waals surface area contributed by atoms with Crippen LogP contribution in [0, 0.1) is 5.92 Å². The van der Waals surface area contributed by atoms with Crippen LogP contribution in [0.15, 0.2) is 24.4 Å². The van der Waals surface area contributed by atoms with Gasteiger partial charge in [0.2, 0.25) is 5.69 Å². The Labute approximate surface area is 123 Å². The number of nitrogens with one attached hydrogen (secondary N) is 3. The maximum atomic E-state index is 3.37. The van der Waals surface area contributed by atoms with Crippen molar-refractivity contribution in [3.8, 4) is 0 Å². The largest absolute Gasteiger partial charge is 0.323 e. The van der Waals surface area contributed by atoms with Crippen molar-refractivity contribution in [2.45, 2.75) is 45.2 Å². The third-order valence-electron chi connectivity index (χ3n) is 5.33. The standard InChI is InChI=1S/C17H27N3/c1-15-5-4-7-17(13-15)20-11-9-19(10-12-20)14-16-6-2-3-8-18-16/h2-3,6,8,15,17H,4-5,7,9-14H2,1H3/p+3. The molecule has 3 rings (SSSR count). The highest BCUT2D eigenvalue weighted by Crippen LogP contribution is 2.21. The summed E-state index contributed by atoms with van der Waals surface area (Å²) in [6, 6.07) is 7.37. The second-order valence-corrected chi connectivity index (χ2v) is 6.94. The summed E-state index contributed by atoms with van der Waals surface area (Å²) >= 11 is 0. The van der Waals surface area contributed by atoms with E-state index in [0.29, 0.717) is 0 Å². The second kappa shape index (κ2) is 6.68. The molecule has 0 spiro atoms. The van der Waals surface area contributed by atoms with Gasteiger partial charge in [-0.1, -0.05) is 13.3 Å². The Hall–Kier alpha value is -0.930. The second-order valence-electron chi connectivity index (χ2n) is 6.94. The molecule has 0 radical (unpaired) electrons. The van der Waals surface area contributed by atoms with Crippen LogP contribution in [0.4, 0.5) is 0 Å². The molecule has 1 aromatic rings. The summed E-state index contributed by atoms with van der Waals surface area (Å²) in [5.74, 6) is 0.963. The summed E-state index contributed by atoms with van der Waals surface area (Å²) in [4.78, 5) is 7.02. The summed E-state index contributed by atoms with van der Waals surface area (Å²) in [5.41, 5.74) is 1.37. The molecule has 2 fully saturated rings. The van der Waals surface area contributed by atoms with Crippen LogP contribution in [0.3, 0.4) is 0 Å². The molecular weight excluding hydrogens is 246 g/mol. The van der Waals surface area contributed by atoms with Gasteiger partial charge >= 0.3 is 0 Å². The van der Waals surface area contributed by atoms with E-state index in [9.17, 15) is 0 Å². The first-order valence-electron chi connectivity index (χ1n) is 8.45. The van der Waals surface area contributed by atoms with Crippen molar-refractivity contribution in [1.82, 2.24) is 0 Å². The van der Waals surface area contributed by atoms with E-state index in [2.05, 4.69) is 30.1 Å². The fourth-order valence-corrected chi connectivity index (χ4v) is 4.12. The summed E-state index contributed by atoms with van der Waals surface area (Å²) in [6.45, 7) is 9.03. The topological polar surface area (TPSA) is 23.0 Å². The van der Waals surface area contributed by atoms with E-state index in [4.69, 9.17) is 0 Å². The fraction of sp³-hybridized carbons (Fsp3) is 0.706. The van der Waals surface area contributed by atoms with Gasteiger partial charge in [-0.3, -0.25) is 0 Å². The first-order valence-corrected chi connectivity index (χ1v) is 8.45. The Bertz CT molecular complexity index is 398. The maximum absolute atomic E-state index is 3.37. The number of H-pyrrole nitrogens is 1. The molecule has 20 heavy (non-hydrogen) atoms. The highest BCUT2D eigenvalue weighted by molar-refractivity contribution is 4.94. The highest BCUT2D eigenvalue weighted by Gasteiger charge is 2.32. The Morgan fingerprint density at radius 1 is 1.15 bits per heavy atom. The van der Waals surface area contributed by atoms with E-state index in [-0.39, 0.29) is 0 Å². The lowest BCUT2D eigenvalue weighted by atomic mass is 9.86. The number of quaternary nitrogens is 2. The average Bonchev–Trinajstić information content (AvgIpc) is 2.49. The SMILES string of the molecule is CC1CCCC([NH+]2CC[NH+](Cc3cccc[nH+]3)CC2)C1. The normalized spacial score (nSPS) is 34.9. The minimum Gasteiger partial charge on any atom is -0.323 e. The van der Waals surface area contributed by atoms with E-state index >= 15 is 0 Å². The molecule has 1 saturated heterocycles. The number of pyridine rings is 1. The summed E-state index contributed by atoms with van der Waals surface area (Å²) < 4.78 is 0. The maximum Gasteiger partial charge on any atom is 0.234 e. The molecule has 2 aliphatic rings. The molecule has 3 nitrogen and oxygen atoms in total. The first-order chi connectivity index (χ1) is 9.81. The van der Waals surface area contributed by atoms with Crippen molar-refractivity contribution in [3.63, 3.8) is 0 Å². The summed E-state index contributed by atoms with van der Waals surface area (Å²) in [5, 5.41) is 0. The zero-order valence-corrected chi connectivity index (χ0v) is 12.8. The van der Waals surface area contributed by atoms with Crippen LogP contribution >= 0.6 is 0 Å². The molecule has 0 aromatic carbocycles. The van der Waals surface area contributed by atoms with Crippen LogP contribution in [-0.2, 0) is 6.54 Å². The smallest absolute Gasteiger partial charge is 0.234 e. The van der Waals surface area contributed by atoms with Crippen molar-refractivity contribution in [2.75, 3.05) is 26.2 Å². The molecule has 0 amide bonds. The third-order valence-corrected chi connectivity index (χ3v) is 5.33. The summed E-state index contributed by atoms with van der Waals surface area (Å²) in [6.07, 6.45) is 7.91. The van der Waals surface area contributed by atoms with Crippen molar-refractivity contribution in [2.24, 2.45) is 5.92 Å². The molecule has 1 aliphatic carbocycles. The van der Waals surface area contributed by atoms with Crippen molar-refractivity contribution < 1.29 is 14.8 Å². The quantitative estimate of drug-likeness (QED) is 0.734. The molecule has 2 atom stereocenters. The molecular formula is C17H30N3+3. The number of hydrogen-bond donors (Lipinski definition) is 2. The van der Waals surface area contributed by atoms with Gasteiger partial charge in [0.15, 0.2) is 12.7 Å². The minimum atomic E-state index is 0.962. The van der Waals surface area contributed by atoms with Crippen molar-refractivity contribution >= 4 is 0 Å². The lowest BCUT2D eigenvalue weighted by Gasteiger charge is -2.37.